The number of thiazole rings is 1. The lowest BCUT2D eigenvalue weighted by molar-refractivity contribution is -0.141. The Balaban J connectivity index is 1.81. The van der Waals surface area contributed by atoms with E-state index < -0.39 is 0 Å². The Bertz CT molecular complexity index is 1190. The highest BCUT2D eigenvalue weighted by atomic mass is 32.1. The van der Waals surface area contributed by atoms with Crippen molar-refractivity contribution in [2.24, 2.45) is 4.99 Å². The predicted octanol–water partition coefficient (Wildman–Crippen LogP) is 4.11. The quantitative estimate of drug-likeness (QED) is 0.613. The van der Waals surface area contributed by atoms with E-state index in [1.54, 1.807) is 4.57 Å². The molecule has 0 bridgehead atoms. The molecule has 0 fully saturated rings. The molecule has 0 atom stereocenters. The van der Waals surface area contributed by atoms with Crippen LogP contribution in [0.5, 0.6) is 0 Å². The van der Waals surface area contributed by atoms with Gasteiger partial charge in [-0.05, 0) is 86.1 Å². The van der Waals surface area contributed by atoms with Gasteiger partial charge in [-0.1, -0.05) is 17.4 Å². The van der Waals surface area contributed by atoms with Crippen LogP contribution in [-0.4, -0.2) is 23.6 Å². The van der Waals surface area contributed by atoms with Crippen molar-refractivity contribution in [2.45, 2.75) is 46.1 Å². The zero-order valence-corrected chi connectivity index (χ0v) is 17.8. The molecule has 3 aromatic rings. The van der Waals surface area contributed by atoms with E-state index in [0.717, 1.165) is 40.6 Å². The van der Waals surface area contributed by atoms with Crippen LogP contribution in [0.25, 0.3) is 10.2 Å². The number of hydrogen-bond donors (Lipinski definition) is 0. The number of nitrogens with zero attached hydrogens (tertiary/aromatic N) is 2. The number of aromatic nitrogens is 1. The van der Waals surface area contributed by atoms with E-state index in [4.69, 9.17) is 4.74 Å². The minimum Gasteiger partial charge on any atom is -0.468 e. The molecule has 2 aromatic carbocycles. The van der Waals surface area contributed by atoms with Crippen molar-refractivity contribution in [1.29, 1.82) is 0 Å². The van der Waals surface area contributed by atoms with Crippen LogP contribution in [0.4, 0.5) is 0 Å². The fourth-order valence-corrected chi connectivity index (χ4v) is 4.88. The summed E-state index contributed by atoms with van der Waals surface area (Å²) in [5.41, 5.74) is 6.36. The number of amides is 1. The molecule has 0 unspecified atom stereocenters. The molecule has 0 saturated heterocycles. The smallest absolute Gasteiger partial charge is 0.325 e. The number of benzene rings is 2. The minimum absolute atomic E-state index is 0.0231. The van der Waals surface area contributed by atoms with Gasteiger partial charge in [0.15, 0.2) is 4.80 Å². The lowest BCUT2D eigenvalue weighted by Gasteiger charge is -2.15. The monoisotopic (exact) mass is 408 g/mol. The van der Waals surface area contributed by atoms with Crippen molar-refractivity contribution in [3.8, 4) is 0 Å². The van der Waals surface area contributed by atoms with E-state index in [9.17, 15) is 9.59 Å². The molecule has 1 aromatic heterocycles. The predicted molar refractivity (Wildman–Crippen MR) is 114 cm³/mol. The van der Waals surface area contributed by atoms with Gasteiger partial charge < -0.3 is 9.30 Å². The number of carbonyl (C=O) groups excluding carboxylic acids is 2. The average molecular weight is 409 g/mol. The first-order valence-corrected chi connectivity index (χ1v) is 10.7. The third-order valence-corrected chi connectivity index (χ3v) is 6.65. The van der Waals surface area contributed by atoms with Crippen LogP contribution in [-0.2, 0) is 28.9 Å². The Morgan fingerprint density at radius 3 is 2.55 bits per heavy atom. The van der Waals surface area contributed by atoms with Crippen molar-refractivity contribution in [3.63, 3.8) is 0 Å². The van der Waals surface area contributed by atoms with Crippen molar-refractivity contribution in [3.05, 3.63) is 63.0 Å². The normalized spacial score (nSPS) is 14.1. The highest BCUT2D eigenvalue weighted by Crippen LogP contribution is 2.24. The topological polar surface area (TPSA) is 60.7 Å². The molecule has 0 aliphatic heterocycles. The molecule has 1 aliphatic carbocycles. The molecule has 0 N–H and O–H groups in total. The van der Waals surface area contributed by atoms with Gasteiger partial charge in [0, 0.05) is 5.56 Å². The van der Waals surface area contributed by atoms with E-state index in [1.807, 2.05) is 32.0 Å². The van der Waals surface area contributed by atoms with Crippen LogP contribution in [0.1, 0.15) is 45.5 Å². The molecule has 4 rings (SSSR count). The fraction of sp³-hybridized carbons (Fsp3) is 0.348. The Morgan fingerprint density at radius 2 is 1.79 bits per heavy atom. The molecule has 0 spiro atoms. The summed E-state index contributed by atoms with van der Waals surface area (Å²) in [5, 5.41) is 0. The summed E-state index contributed by atoms with van der Waals surface area (Å²) in [4.78, 5) is 29.8. The number of carbonyl (C=O) groups is 2. The van der Waals surface area contributed by atoms with Gasteiger partial charge in [-0.2, -0.15) is 4.99 Å². The van der Waals surface area contributed by atoms with Crippen LogP contribution >= 0.6 is 11.3 Å². The molecule has 0 saturated carbocycles. The van der Waals surface area contributed by atoms with Gasteiger partial charge in [0.25, 0.3) is 5.91 Å². The highest BCUT2D eigenvalue weighted by molar-refractivity contribution is 7.16. The SMILES string of the molecule is COC(=O)Cn1c(=NC(=O)c2ccc3c(c2)CCCC3)sc2cc(C)c(C)cc21. The second-order valence-electron chi connectivity index (χ2n) is 7.56. The molecule has 150 valence electrons. The summed E-state index contributed by atoms with van der Waals surface area (Å²) in [6, 6.07) is 10.0. The van der Waals surface area contributed by atoms with Crippen molar-refractivity contribution in [1.82, 2.24) is 4.57 Å². The Labute approximate surface area is 173 Å². The first-order valence-electron chi connectivity index (χ1n) is 9.84. The maximum atomic E-state index is 12.9. The number of hydrogen-bond acceptors (Lipinski definition) is 4. The second-order valence-corrected chi connectivity index (χ2v) is 8.57. The highest BCUT2D eigenvalue weighted by Gasteiger charge is 2.15. The number of fused-ring (bicyclic) bond motifs is 2. The molecule has 0 radical (unpaired) electrons. The zero-order valence-electron chi connectivity index (χ0n) is 16.9. The Kier molecular flexibility index (Phi) is 5.37. The van der Waals surface area contributed by atoms with Gasteiger partial charge in [0.2, 0.25) is 0 Å². The summed E-state index contributed by atoms with van der Waals surface area (Å²) in [6.07, 6.45) is 4.46. The van der Waals surface area contributed by atoms with Crippen LogP contribution in [0.15, 0.2) is 35.3 Å². The maximum Gasteiger partial charge on any atom is 0.325 e. The molecule has 29 heavy (non-hydrogen) atoms. The lowest BCUT2D eigenvalue weighted by atomic mass is 9.90. The van der Waals surface area contributed by atoms with Gasteiger partial charge >= 0.3 is 5.97 Å². The van der Waals surface area contributed by atoms with Crippen molar-refractivity contribution in [2.75, 3.05) is 7.11 Å². The van der Waals surface area contributed by atoms with Crippen LogP contribution in [0.3, 0.4) is 0 Å². The first kappa shape index (κ1) is 19.6. The van der Waals surface area contributed by atoms with Gasteiger partial charge in [-0.25, -0.2) is 0 Å². The van der Waals surface area contributed by atoms with Gasteiger partial charge in [-0.15, -0.1) is 0 Å². The summed E-state index contributed by atoms with van der Waals surface area (Å²) >= 11 is 1.42. The summed E-state index contributed by atoms with van der Waals surface area (Å²) in [5.74, 6) is -0.650. The molecule has 5 nitrogen and oxygen atoms in total. The van der Waals surface area contributed by atoms with Gasteiger partial charge in [-0.3, -0.25) is 9.59 Å². The average Bonchev–Trinajstić information content (AvgIpc) is 3.03. The first-order chi connectivity index (χ1) is 14.0. The second kappa shape index (κ2) is 7.95. The van der Waals surface area contributed by atoms with E-state index in [1.165, 1.54) is 36.0 Å². The van der Waals surface area contributed by atoms with E-state index in [0.29, 0.717) is 10.4 Å². The van der Waals surface area contributed by atoms with Crippen molar-refractivity contribution >= 4 is 33.4 Å². The lowest BCUT2D eigenvalue weighted by Crippen LogP contribution is -2.22. The van der Waals surface area contributed by atoms with Crippen LogP contribution in [0, 0.1) is 13.8 Å². The standard InChI is InChI=1S/C23H24N2O3S/c1-14-10-19-20(11-15(14)2)29-23(25(19)13-21(26)28-3)24-22(27)18-9-8-16-6-4-5-7-17(16)12-18/h8-12H,4-7,13H2,1-3H3. The van der Waals surface area contributed by atoms with E-state index in [2.05, 4.69) is 17.1 Å². The summed E-state index contributed by atoms with van der Waals surface area (Å²) in [7, 11) is 1.36. The number of aryl methyl sites for hydroxylation is 4. The fourth-order valence-electron chi connectivity index (χ4n) is 3.77. The van der Waals surface area contributed by atoms with Crippen LogP contribution in [0.2, 0.25) is 0 Å². The van der Waals surface area contributed by atoms with Gasteiger partial charge in [0.1, 0.15) is 6.54 Å². The van der Waals surface area contributed by atoms with Crippen LogP contribution < -0.4 is 4.80 Å². The van der Waals surface area contributed by atoms with E-state index in [-0.39, 0.29) is 18.4 Å². The third-order valence-electron chi connectivity index (χ3n) is 5.61. The van der Waals surface area contributed by atoms with Crippen molar-refractivity contribution < 1.29 is 14.3 Å². The third kappa shape index (κ3) is 3.90. The summed E-state index contributed by atoms with van der Waals surface area (Å²) < 4.78 is 7.62. The summed E-state index contributed by atoms with van der Waals surface area (Å²) in [6.45, 7) is 4.10. The zero-order chi connectivity index (χ0) is 20.5. The Morgan fingerprint density at radius 1 is 1.07 bits per heavy atom. The molecule has 6 heteroatoms. The van der Waals surface area contributed by atoms with Gasteiger partial charge in [0.05, 0.1) is 17.3 Å². The molecule has 1 amide bonds. The number of rotatable bonds is 3. The maximum absolute atomic E-state index is 12.9. The minimum atomic E-state index is -0.370. The largest absolute Gasteiger partial charge is 0.468 e. The molecular weight excluding hydrogens is 384 g/mol. The Hall–Kier alpha value is -2.73. The van der Waals surface area contributed by atoms with E-state index >= 15 is 0 Å². The number of esters is 1. The number of methoxy groups -OCH3 is 1. The molecule has 1 heterocycles. The number of ether oxygens (including phenoxy) is 1. The molecular formula is C23H24N2O3S. The molecule has 1 aliphatic rings.